The van der Waals surface area contributed by atoms with Gasteiger partial charge in [0.2, 0.25) is 5.91 Å². The van der Waals surface area contributed by atoms with Crippen LogP contribution in [0.25, 0.3) is 0 Å². The highest BCUT2D eigenvalue weighted by Crippen LogP contribution is 2.28. The number of methoxy groups -OCH3 is 1. The number of hydrogen-bond donors (Lipinski definition) is 1. The lowest BCUT2D eigenvalue weighted by atomic mass is 9.91. The van der Waals surface area contributed by atoms with Crippen molar-refractivity contribution < 1.29 is 33.4 Å². The van der Waals surface area contributed by atoms with Crippen LogP contribution in [0.5, 0.6) is 0 Å². The summed E-state index contributed by atoms with van der Waals surface area (Å²) in [5.41, 5.74) is 0.183. The standard InChI is InChI=1S/C24H33N3O7/c1-24(2,3)34-23(31)26-12-11-19(17(14-26)21(29)32-4)27-13-10-18(20(27)28)25-22(30)33-15-16-8-6-5-7-9-16/h5-9,17-19H,10-15H2,1-4H3,(H,25,30)/t17-,18-,19-/m0/s1. The van der Waals surface area contributed by atoms with Crippen LogP contribution in [-0.4, -0.2) is 78.3 Å². The Bertz CT molecular complexity index is 900. The molecule has 2 fully saturated rings. The zero-order valence-corrected chi connectivity index (χ0v) is 20.1. The molecule has 0 bridgehead atoms. The number of alkyl carbamates (subject to hydrolysis) is 1. The van der Waals surface area contributed by atoms with Gasteiger partial charge in [-0.15, -0.1) is 0 Å². The first-order chi connectivity index (χ1) is 16.1. The molecule has 2 saturated heterocycles. The number of likely N-dealkylation sites (tertiary alicyclic amines) is 2. The molecule has 2 heterocycles. The molecular weight excluding hydrogens is 442 g/mol. The number of carbonyl (C=O) groups excluding carboxylic acids is 4. The number of rotatable bonds is 5. The van der Waals surface area contributed by atoms with Crippen molar-refractivity contribution in [1.29, 1.82) is 0 Å². The number of carbonyl (C=O) groups is 4. The fourth-order valence-corrected chi connectivity index (χ4v) is 4.26. The number of hydrogen-bond acceptors (Lipinski definition) is 7. The van der Waals surface area contributed by atoms with E-state index in [1.165, 1.54) is 12.0 Å². The molecule has 0 saturated carbocycles. The highest BCUT2D eigenvalue weighted by molar-refractivity contribution is 5.88. The van der Waals surface area contributed by atoms with Crippen LogP contribution in [0.4, 0.5) is 9.59 Å². The monoisotopic (exact) mass is 475 g/mol. The molecule has 1 aromatic rings. The van der Waals surface area contributed by atoms with Crippen molar-refractivity contribution in [3.8, 4) is 0 Å². The van der Waals surface area contributed by atoms with Crippen molar-refractivity contribution in [3.63, 3.8) is 0 Å². The molecule has 10 heteroatoms. The van der Waals surface area contributed by atoms with Crippen molar-refractivity contribution in [1.82, 2.24) is 15.1 Å². The van der Waals surface area contributed by atoms with Crippen molar-refractivity contribution in [2.75, 3.05) is 26.7 Å². The normalized spacial score (nSPS) is 22.8. The summed E-state index contributed by atoms with van der Waals surface area (Å²) < 4.78 is 15.6. The molecule has 2 aliphatic heterocycles. The average Bonchev–Trinajstić information content (AvgIpc) is 3.16. The predicted molar refractivity (Wildman–Crippen MR) is 122 cm³/mol. The second kappa shape index (κ2) is 10.8. The van der Waals surface area contributed by atoms with E-state index in [0.29, 0.717) is 25.9 Å². The Hall–Kier alpha value is -3.30. The zero-order chi connectivity index (χ0) is 24.9. The summed E-state index contributed by atoms with van der Waals surface area (Å²) in [5.74, 6) is -1.48. The minimum atomic E-state index is -0.731. The second-order valence-electron chi connectivity index (χ2n) is 9.49. The van der Waals surface area contributed by atoms with E-state index in [1.54, 1.807) is 25.7 Å². The third-order valence-corrected chi connectivity index (χ3v) is 5.88. The molecule has 0 unspecified atom stereocenters. The quantitative estimate of drug-likeness (QED) is 0.513. The Balaban J connectivity index is 1.59. The van der Waals surface area contributed by atoms with Gasteiger partial charge in [-0.25, -0.2) is 9.59 Å². The summed E-state index contributed by atoms with van der Waals surface area (Å²) >= 11 is 0. The second-order valence-corrected chi connectivity index (χ2v) is 9.49. The van der Waals surface area contributed by atoms with Crippen LogP contribution in [0.2, 0.25) is 0 Å². The summed E-state index contributed by atoms with van der Waals surface area (Å²) in [4.78, 5) is 53.4. The minimum absolute atomic E-state index is 0.0905. The van der Waals surface area contributed by atoms with Gasteiger partial charge in [0.05, 0.1) is 13.0 Å². The maximum absolute atomic E-state index is 13.1. The van der Waals surface area contributed by atoms with E-state index in [9.17, 15) is 19.2 Å². The maximum Gasteiger partial charge on any atom is 0.410 e. The number of ether oxygens (including phenoxy) is 3. The van der Waals surface area contributed by atoms with Crippen molar-refractivity contribution in [3.05, 3.63) is 35.9 Å². The summed E-state index contributed by atoms with van der Waals surface area (Å²) in [6.45, 7) is 6.24. The fourth-order valence-electron chi connectivity index (χ4n) is 4.26. The lowest BCUT2D eigenvalue weighted by molar-refractivity contribution is -0.152. The maximum atomic E-state index is 13.1. The first-order valence-electron chi connectivity index (χ1n) is 11.4. The van der Waals surface area contributed by atoms with E-state index < -0.39 is 41.8 Å². The Morgan fingerprint density at radius 3 is 2.44 bits per heavy atom. The number of esters is 1. The van der Waals surface area contributed by atoms with Crippen molar-refractivity contribution in [2.45, 2.75) is 57.9 Å². The highest BCUT2D eigenvalue weighted by atomic mass is 16.6. The third kappa shape index (κ3) is 6.39. The van der Waals surface area contributed by atoms with Gasteiger partial charge in [0.15, 0.2) is 0 Å². The van der Waals surface area contributed by atoms with E-state index in [2.05, 4.69) is 5.32 Å². The van der Waals surface area contributed by atoms with Crippen LogP contribution in [0.3, 0.4) is 0 Å². The van der Waals surface area contributed by atoms with Crippen LogP contribution >= 0.6 is 0 Å². The number of nitrogens with one attached hydrogen (secondary N) is 1. The predicted octanol–water partition coefficient (Wildman–Crippen LogP) is 2.31. The molecule has 0 radical (unpaired) electrons. The van der Waals surface area contributed by atoms with E-state index in [0.717, 1.165) is 5.56 Å². The van der Waals surface area contributed by atoms with Gasteiger partial charge in [-0.05, 0) is 39.2 Å². The molecule has 2 aliphatic rings. The van der Waals surface area contributed by atoms with Gasteiger partial charge >= 0.3 is 18.2 Å². The Morgan fingerprint density at radius 1 is 1.09 bits per heavy atom. The van der Waals surface area contributed by atoms with E-state index in [1.807, 2.05) is 30.3 Å². The van der Waals surface area contributed by atoms with Crippen LogP contribution < -0.4 is 5.32 Å². The topological polar surface area (TPSA) is 114 Å². The van der Waals surface area contributed by atoms with E-state index in [4.69, 9.17) is 14.2 Å². The fraction of sp³-hybridized carbons (Fsp3) is 0.583. The Morgan fingerprint density at radius 2 is 1.79 bits per heavy atom. The number of amides is 3. The molecule has 3 atom stereocenters. The van der Waals surface area contributed by atoms with E-state index >= 15 is 0 Å². The first-order valence-corrected chi connectivity index (χ1v) is 11.4. The van der Waals surface area contributed by atoms with E-state index in [-0.39, 0.29) is 19.1 Å². The van der Waals surface area contributed by atoms with Gasteiger partial charge in [0.25, 0.3) is 0 Å². The molecule has 0 spiro atoms. The van der Waals surface area contributed by atoms with Gasteiger partial charge < -0.3 is 29.3 Å². The van der Waals surface area contributed by atoms with Gasteiger partial charge in [0, 0.05) is 25.7 Å². The number of piperidine rings is 1. The van der Waals surface area contributed by atoms with Gasteiger partial charge in [-0.2, -0.15) is 0 Å². The zero-order valence-electron chi connectivity index (χ0n) is 20.1. The SMILES string of the molecule is COC(=O)[C@H]1CN(C(=O)OC(C)(C)C)CC[C@@H]1N1CC[C@H](NC(=O)OCc2ccccc2)C1=O. The Kier molecular flexibility index (Phi) is 8.01. The molecule has 0 aromatic heterocycles. The molecule has 3 amide bonds. The summed E-state index contributed by atoms with van der Waals surface area (Å²) in [6.07, 6.45) is -0.378. The molecule has 186 valence electrons. The van der Waals surface area contributed by atoms with Crippen LogP contribution in [0.1, 0.15) is 39.2 Å². The van der Waals surface area contributed by atoms with Gasteiger partial charge in [-0.1, -0.05) is 30.3 Å². The summed E-state index contributed by atoms with van der Waals surface area (Å²) in [5, 5.41) is 2.63. The molecule has 1 aromatic carbocycles. The lowest BCUT2D eigenvalue weighted by Crippen LogP contribution is -2.57. The van der Waals surface area contributed by atoms with Crippen LogP contribution in [-0.2, 0) is 30.4 Å². The average molecular weight is 476 g/mol. The molecule has 3 rings (SSSR count). The lowest BCUT2D eigenvalue weighted by Gasteiger charge is -2.41. The molecule has 1 N–H and O–H groups in total. The van der Waals surface area contributed by atoms with Crippen molar-refractivity contribution in [2.24, 2.45) is 5.92 Å². The summed E-state index contributed by atoms with van der Waals surface area (Å²) in [7, 11) is 1.28. The highest BCUT2D eigenvalue weighted by Gasteiger charge is 2.46. The molecule has 10 nitrogen and oxygen atoms in total. The number of nitrogens with zero attached hydrogens (tertiary/aromatic N) is 2. The third-order valence-electron chi connectivity index (χ3n) is 5.88. The van der Waals surface area contributed by atoms with Crippen LogP contribution in [0.15, 0.2) is 30.3 Å². The van der Waals surface area contributed by atoms with Gasteiger partial charge in [-0.3, -0.25) is 9.59 Å². The van der Waals surface area contributed by atoms with Crippen LogP contribution in [0, 0.1) is 5.92 Å². The van der Waals surface area contributed by atoms with Gasteiger partial charge in [0.1, 0.15) is 18.2 Å². The smallest absolute Gasteiger partial charge is 0.410 e. The first kappa shape index (κ1) is 25.3. The Labute approximate surface area is 199 Å². The number of benzene rings is 1. The summed E-state index contributed by atoms with van der Waals surface area (Å²) in [6, 6.07) is 8.08. The minimum Gasteiger partial charge on any atom is -0.469 e. The molecule has 0 aliphatic carbocycles. The largest absolute Gasteiger partial charge is 0.469 e. The molecular formula is C24H33N3O7. The molecule has 34 heavy (non-hydrogen) atoms. The van der Waals surface area contributed by atoms with Crippen molar-refractivity contribution >= 4 is 24.1 Å².